The predicted octanol–water partition coefficient (Wildman–Crippen LogP) is 3.83. The molecule has 0 bridgehead atoms. The normalized spacial score (nSPS) is 10.8. The van der Waals surface area contributed by atoms with Crippen molar-refractivity contribution < 1.29 is 27.5 Å². The van der Waals surface area contributed by atoms with Crippen LogP contribution in [0.3, 0.4) is 0 Å². The summed E-state index contributed by atoms with van der Waals surface area (Å²) in [5, 5.41) is 3.42. The molecule has 0 radical (unpaired) electrons. The Morgan fingerprint density at radius 3 is 2.54 bits per heavy atom. The van der Waals surface area contributed by atoms with E-state index in [1.165, 1.54) is 6.92 Å². The smallest absolute Gasteiger partial charge is 0.341 e. The Morgan fingerprint density at radius 2 is 1.88 bits per heavy atom. The number of nitrogens with zero attached hydrogens (tertiary/aromatic N) is 1. The highest BCUT2D eigenvalue weighted by Crippen LogP contribution is 2.20. The van der Waals surface area contributed by atoms with Crippen molar-refractivity contribution in [1.29, 1.82) is 0 Å². The van der Waals surface area contributed by atoms with Gasteiger partial charge in [0, 0.05) is 0 Å². The molecule has 7 heteroatoms. The molecular formula is C17H14F3NO3. The van der Waals surface area contributed by atoms with E-state index >= 15 is 0 Å². The number of ether oxygens (including phenoxy) is 1. The molecule has 24 heavy (non-hydrogen) atoms. The van der Waals surface area contributed by atoms with Crippen molar-refractivity contribution in [3.8, 4) is 0 Å². The van der Waals surface area contributed by atoms with Crippen LogP contribution in [0.2, 0.25) is 0 Å². The zero-order valence-corrected chi connectivity index (χ0v) is 12.8. The summed E-state index contributed by atoms with van der Waals surface area (Å²) < 4.78 is 46.1. The Hall–Kier alpha value is -2.83. The molecule has 0 atom stereocenters. The lowest BCUT2D eigenvalue weighted by molar-refractivity contribution is 0.0520. The Bertz CT molecular complexity index is 748. The topological polar surface area (TPSA) is 47.9 Å². The van der Waals surface area contributed by atoms with E-state index in [0.29, 0.717) is 12.3 Å². The van der Waals surface area contributed by atoms with E-state index in [-0.39, 0.29) is 13.2 Å². The molecule has 0 aliphatic rings. The Balaban J connectivity index is 2.19. The standard InChI is InChI=1S/C17H14F3NO3/c1-2-23-17(22)12-8-14(18)16(20)13(15(12)19)9-21-24-10-11-6-4-3-5-7-11/h3-9H,2,10H2,1H3. The molecule has 0 N–H and O–H groups in total. The van der Waals surface area contributed by atoms with Crippen molar-refractivity contribution in [3.63, 3.8) is 0 Å². The molecule has 0 unspecified atom stereocenters. The summed E-state index contributed by atoms with van der Waals surface area (Å²) in [7, 11) is 0. The van der Waals surface area contributed by atoms with Crippen LogP contribution in [-0.4, -0.2) is 18.8 Å². The fraction of sp³-hybridized carbons (Fsp3) is 0.176. The van der Waals surface area contributed by atoms with Gasteiger partial charge in [0.05, 0.1) is 23.9 Å². The first kappa shape index (κ1) is 17.5. The maximum Gasteiger partial charge on any atom is 0.341 e. The quantitative estimate of drug-likeness (QED) is 0.348. The lowest BCUT2D eigenvalue weighted by Gasteiger charge is -2.07. The number of oxime groups is 1. The van der Waals surface area contributed by atoms with Gasteiger partial charge in [0.2, 0.25) is 0 Å². The molecule has 0 aromatic heterocycles. The van der Waals surface area contributed by atoms with Gasteiger partial charge in [-0.2, -0.15) is 0 Å². The second-order valence-electron chi connectivity index (χ2n) is 4.66. The summed E-state index contributed by atoms with van der Waals surface area (Å²) in [6.45, 7) is 1.55. The summed E-state index contributed by atoms with van der Waals surface area (Å²) in [4.78, 5) is 16.5. The van der Waals surface area contributed by atoms with E-state index in [0.717, 1.165) is 5.56 Å². The SMILES string of the molecule is CCOC(=O)c1cc(F)c(F)c(C=NOCc2ccccc2)c1F. The van der Waals surface area contributed by atoms with Crippen molar-refractivity contribution in [2.24, 2.45) is 5.16 Å². The van der Waals surface area contributed by atoms with Crippen LogP contribution in [0.1, 0.15) is 28.4 Å². The lowest BCUT2D eigenvalue weighted by Crippen LogP contribution is -2.12. The van der Waals surface area contributed by atoms with Crippen molar-refractivity contribution in [3.05, 3.63) is 70.5 Å². The minimum Gasteiger partial charge on any atom is -0.462 e. The molecule has 2 aromatic carbocycles. The first-order chi connectivity index (χ1) is 11.5. The van der Waals surface area contributed by atoms with E-state index in [9.17, 15) is 18.0 Å². The molecule has 2 aromatic rings. The minimum absolute atomic E-state index is 0.0269. The van der Waals surface area contributed by atoms with Crippen LogP contribution in [0.5, 0.6) is 0 Å². The highest BCUT2D eigenvalue weighted by atomic mass is 19.2. The van der Waals surface area contributed by atoms with Gasteiger partial charge in [0.25, 0.3) is 0 Å². The number of esters is 1. The van der Waals surface area contributed by atoms with E-state index in [2.05, 4.69) is 9.89 Å². The first-order valence-corrected chi connectivity index (χ1v) is 7.08. The zero-order chi connectivity index (χ0) is 17.5. The van der Waals surface area contributed by atoms with Crippen molar-refractivity contribution in [1.82, 2.24) is 0 Å². The van der Waals surface area contributed by atoms with Gasteiger partial charge < -0.3 is 9.57 Å². The molecule has 0 fully saturated rings. The second kappa shape index (κ2) is 8.14. The summed E-state index contributed by atoms with van der Waals surface area (Å²) in [6, 6.07) is 9.40. The van der Waals surface area contributed by atoms with E-state index in [1.54, 1.807) is 24.3 Å². The van der Waals surface area contributed by atoms with Crippen molar-refractivity contribution >= 4 is 12.2 Å². The second-order valence-corrected chi connectivity index (χ2v) is 4.66. The van der Waals surface area contributed by atoms with Gasteiger partial charge >= 0.3 is 5.97 Å². The third-order valence-electron chi connectivity index (χ3n) is 3.02. The van der Waals surface area contributed by atoms with Crippen molar-refractivity contribution in [2.45, 2.75) is 13.5 Å². The van der Waals surface area contributed by atoms with Gasteiger partial charge in [-0.1, -0.05) is 35.5 Å². The van der Waals surface area contributed by atoms with Gasteiger partial charge in [-0.15, -0.1) is 0 Å². The number of hydrogen-bond donors (Lipinski definition) is 0. The summed E-state index contributed by atoms with van der Waals surface area (Å²) in [6.07, 6.45) is 0.680. The van der Waals surface area contributed by atoms with Crippen LogP contribution in [0.4, 0.5) is 13.2 Å². The number of rotatable bonds is 6. The fourth-order valence-electron chi connectivity index (χ4n) is 1.87. The maximum atomic E-state index is 14.2. The highest BCUT2D eigenvalue weighted by molar-refractivity contribution is 5.93. The third-order valence-corrected chi connectivity index (χ3v) is 3.02. The number of carbonyl (C=O) groups is 1. The Kier molecular flexibility index (Phi) is 5.95. The number of carbonyl (C=O) groups excluding carboxylic acids is 1. The third kappa shape index (κ3) is 4.13. The van der Waals surface area contributed by atoms with Crippen LogP contribution < -0.4 is 0 Å². The Morgan fingerprint density at radius 1 is 1.17 bits per heavy atom. The number of halogens is 3. The monoisotopic (exact) mass is 337 g/mol. The predicted molar refractivity (Wildman–Crippen MR) is 81.1 cm³/mol. The average molecular weight is 337 g/mol. The number of hydrogen-bond acceptors (Lipinski definition) is 4. The largest absolute Gasteiger partial charge is 0.462 e. The van der Waals surface area contributed by atoms with E-state index in [1.807, 2.05) is 6.07 Å². The molecule has 0 saturated carbocycles. The molecule has 0 heterocycles. The highest BCUT2D eigenvalue weighted by Gasteiger charge is 2.22. The van der Waals surface area contributed by atoms with Crippen molar-refractivity contribution in [2.75, 3.05) is 6.61 Å². The zero-order valence-electron chi connectivity index (χ0n) is 12.8. The molecule has 4 nitrogen and oxygen atoms in total. The molecule has 126 valence electrons. The molecule has 0 aliphatic carbocycles. The van der Waals surface area contributed by atoms with Crippen LogP contribution in [0.25, 0.3) is 0 Å². The fourth-order valence-corrected chi connectivity index (χ4v) is 1.87. The first-order valence-electron chi connectivity index (χ1n) is 7.08. The molecule has 0 aliphatic heterocycles. The summed E-state index contributed by atoms with van der Waals surface area (Å²) in [5.74, 6) is -5.20. The van der Waals surface area contributed by atoms with Gasteiger partial charge in [-0.25, -0.2) is 18.0 Å². The average Bonchev–Trinajstić information content (AvgIpc) is 2.58. The van der Waals surface area contributed by atoms with E-state index < -0.39 is 34.5 Å². The minimum atomic E-state index is -1.47. The molecule has 2 rings (SSSR count). The lowest BCUT2D eigenvalue weighted by atomic mass is 10.1. The van der Waals surface area contributed by atoms with Crippen LogP contribution in [0.15, 0.2) is 41.6 Å². The maximum absolute atomic E-state index is 14.2. The van der Waals surface area contributed by atoms with Gasteiger partial charge in [0.1, 0.15) is 12.4 Å². The summed E-state index contributed by atoms with van der Waals surface area (Å²) in [5.41, 5.74) is -0.728. The Labute approximate surface area is 136 Å². The molecule has 0 amide bonds. The molecular weight excluding hydrogens is 323 g/mol. The van der Waals surface area contributed by atoms with Gasteiger partial charge in [0.15, 0.2) is 11.6 Å². The van der Waals surface area contributed by atoms with Crippen LogP contribution in [0, 0.1) is 17.5 Å². The number of benzene rings is 2. The van der Waals surface area contributed by atoms with Crippen LogP contribution >= 0.6 is 0 Å². The molecule has 0 saturated heterocycles. The molecule has 0 spiro atoms. The van der Waals surface area contributed by atoms with Gasteiger partial charge in [-0.3, -0.25) is 0 Å². The van der Waals surface area contributed by atoms with E-state index in [4.69, 9.17) is 4.84 Å². The summed E-state index contributed by atoms with van der Waals surface area (Å²) >= 11 is 0. The van der Waals surface area contributed by atoms with Crippen LogP contribution in [-0.2, 0) is 16.2 Å². The van der Waals surface area contributed by atoms with Gasteiger partial charge in [-0.05, 0) is 18.6 Å².